The highest BCUT2D eigenvalue weighted by atomic mass is 32.2. The van der Waals surface area contributed by atoms with Gasteiger partial charge >= 0.3 is 6.09 Å². The van der Waals surface area contributed by atoms with Crippen LogP contribution >= 0.6 is 23.9 Å². The lowest BCUT2D eigenvalue weighted by atomic mass is 10.2. The van der Waals surface area contributed by atoms with E-state index >= 15 is 0 Å². The zero-order valence-electron chi connectivity index (χ0n) is 14.4. The van der Waals surface area contributed by atoms with E-state index in [2.05, 4.69) is 5.16 Å². The molecule has 0 bridgehead atoms. The second-order valence-electron chi connectivity index (χ2n) is 4.88. The Hall–Kier alpha value is -1.67. The molecule has 1 rings (SSSR count). The van der Waals surface area contributed by atoms with E-state index in [9.17, 15) is 9.59 Å². The maximum Gasteiger partial charge on any atom is 0.447 e. The highest BCUT2D eigenvalue weighted by Crippen LogP contribution is 2.20. The molecule has 132 valence electrons. The van der Waals surface area contributed by atoms with Crippen molar-refractivity contribution in [3.63, 3.8) is 0 Å². The minimum Gasteiger partial charge on any atom is -0.296 e. The summed E-state index contributed by atoms with van der Waals surface area (Å²) in [6, 6.07) is 9.00. The quantitative estimate of drug-likeness (QED) is 0.236. The number of benzene rings is 1. The normalized spacial score (nSPS) is 11.1. The first-order valence-electron chi connectivity index (χ1n) is 7.57. The van der Waals surface area contributed by atoms with Crippen molar-refractivity contribution in [2.75, 3.05) is 19.8 Å². The molecule has 0 heterocycles. The van der Waals surface area contributed by atoms with Crippen LogP contribution in [-0.4, -0.2) is 45.5 Å². The minimum absolute atomic E-state index is 0.141. The summed E-state index contributed by atoms with van der Waals surface area (Å²) in [7, 11) is 1.55. The van der Waals surface area contributed by atoms with Crippen molar-refractivity contribution in [1.82, 2.24) is 8.61 Å². The van der Waals surface area contributed by atoms with E-state index in [1.807, 2.05) is 31.4 Å². The van der Waals surface area contributed by atoms with E-state index in [1.54, 1.807) is 30.4 Å². The third-order valence-corrected chi connectivity index (χ3v) is 4.59. The lowest BCUT2D eigenvalue weighted by Gasteiger charge is -2.24. The predicted molar refractivity (Wildman–Crippen MR) is 101 cm³/mol. The molecule has 0 N–H and O–H groups in total. The van der Waals surface area contributed by atoms with Crippen molar-refractivity contribution in [1.29, 1.82) is 0 Å². The molecule has 0 spiro atoms. The van der Waals surface area contributed by atoms with Gasteiger partial charge in [-0.05, 0) is 31.7 Å². The summed E-state index contributed by atoms with van der Waals surface area (Å²) in [5, 5.41) is 4.35. The SMILES string of the molecule is CCCCN(SN(C)C(=O)O/N=C(/C)SC)C(=O)c1ccccc1. The Morgan fingerprint density at radius 3 is 2.50 bits per heavy atom. The summed E-state index contributed by atoms with van der Waals surface area (Å²) in [5.41, 5.74) is 0.583. The number of hydrogen-bond donors (Lipinski definition) is 0. The fraction of sp³-hybridized carbons (Fsp3) is 0.438. The molecule has 1 aromatic carbocycles. The van der Waals surface area contributed by atoms with E-state index in [1.165, 1.54) is 16.1 Å². The third kappa shape index (κ3) is 6.84. The number of nitrogens with zero attached hydrogens (tertiary/aromatic N) is 3. The van der Waals surface area contributed by atoms with Crippen molar-refractivity contribution < 1.29 is 14.4 Å². The number of unbranched alkanes of at least 4 members (excludes halogenated alkanes) is 1. The summed E-state index contributed by atoms with van der Waals surface area (Å²) in [4.78, 5) is 29.4. The fourth-order valence-corrected chi connectivity index (χ4v) is 2.48. The molecule has 6 nitrogen and oxygen atoms in total. The van der Waals surface area contributed by atoms with Gasteiger partial charge < -0.3 is 0 Å². The summed E-state index contributed by atoms with van der Waals surface area (Å²) in [6.07, 6.45) is 3.01. The Kier molecular flexibility index (Phi) is 9.33. The summed E-state index contributed by atoms with van der Waals surface area (Å²) < 4.78 is 2.82. The van der Waals surface area contributed by atoms with Gasteiger partial charge in [0.2, 0.25) is 0 Å². The lowest BCUT2D eigenvalue weighted by Crippen LogP contribution is -2.32. The van der Waals surface area contributed by atoms with Gasteiger partial charge in [-0.3, -0.25) is 13.9 Å². The fourth-order valence-electron chi connectivity index (χ4n) is 1.59. The van der Waals surface area contributed by atoms with Gasteiger partial charge in [0.25, 0.3) is 5.91 Å². The number of rotatable bonds is 7. The van der Waals surface area contributed by atoms with Crippen LogP contribution in [0.25, 0.3) is 0 Å². The molecule has 0 saturated heterocycles. The van der Waals surface area contributed by atoms with Crippen LogP contribution in [0.2, 0.25) is 0 Å². The number of hydrogen-bond acceptors (Lipinski definition) is 6. The maximum absolute atomic E-state index is 12.6. The molecule has 0 saturated carbocycles. The Labute approximate surface area is 151 Å². The molecule has 8 heteroatoms. The van der Waals surface area contributed by atoms with Crippen molar-refractivity contribution in [3.8, 4) is 0 Å². The maximum atomic E-state index is 12.6. The predicted octanol–water partition coefficient (Wildman–Crippen LogP) is 4.26. The van der Waals surface area contributed by atoms with E-state index < -0.39 is 6.09 Å². The molecule has 0 fully saturated rings. The zero-order chi connectivity index (χ0) is 17.9. The Morgan fingerprint density at radius 1 is 1.25 bits per heavy atom. The van der Waals surface area contributed by atoms with Crippen LogP contribution < -0.4 is 0 Å². The van der Waals surface area contributed by atoms with Gasteiger partial charge in [0.15, 0.2) is 0 Å². The standard InChI is InChI=1S/C16H23N3O3S2/c1-5-6-12-19(15(20)14-10-8-7-9-11-14)24-18(3)16(21)22-17-13(2)23-4/h7-11H,5-6,12H2,1-4H3/b17-13-. The Balaban J connectivity index is 2.74. The average Bonchev–Trinajstić information content (AvgIpc) is 2.62. The molecule has 2 amide bonds. The van der Waals surface area contributed by atoms with Gasteiger partial charge in [-0.15, -0.1) is 11.8 Å². The highest BCUT2D eigenvalue weighted by Gasteiger charge is 2.22. The molecular weight excluding hydrogens is 346 g/mol. The second kappa shape index (κ2) is 11.0. The van der Waals surface area contributed by atoms with Gasteiger partial charge in [-0.2, -0.15) is 0 Å². The number of oxime groups is 1. The monoisotopic (exact) mass is 369 g/mol. The number of thioether (sulfide) groups is 1. The minimum atomic E-state index is -0.629. The summed E-state index contributed by atoms with van der Waals surface area (Å²) in [6.45, 7) is 4.34. The molecule has 0 aliphatic heterocycles. The molecule has 0 atom stereocenters. The van der Waals surface area contributed by atoms with Crippen LogP contribution in [0.5, 0.6) is 0 Å². The van der Waals surface area contributed by atoms with E-state index in [4.69, 9.17) is 4.84 Å². The van der Waals surface area contributed by atoms with Gasteiger partial charge in [0, 0.05) is 19.2 Å². The zero-order valence-corrected chi connectivity index (χ0v) is 16.0. The largest absolute Gasteiger partial charge is 0.447 e. The Bertz CT molecular complexity index is 567. The molecule has 1 aromatic rings. The van der Waals surface area contributed by atoms with Crippen LogP contribution in [0.4, 0.5) is 4.79 Å². The van der Waals surface area contributed by atoms with Crippen molar-refractivity contribution in [2.45, 2.75) is 26.7 Å². The van der Waals surface area contributed by atoms with Crippen molar-refractivity contribution in [2.24, 2.45) is 5.16 Å². The first-order chi connectivity index (χ1) is 11.5. The summed E-state index contributed by atoms with van der Waals surface area (Å²) >= 11 is 2.41. The summed E-state index contributed by atoms with van der Waals surface area (Å²) in [5.74, 6) is -0.141. The van der Waals surface area contributed by atoms with Crippen LogP contribution in [0, 0.1) is 0 Å². The molecular formula is C16H23N3O3S2. The van der Waals surface area contributed by atoms with Crippen LogP contribution in [0.15, 0.2) is 35.5 Å². The van der Waals surface area contributed by atoms with Gasteiger partial charge in [0.05, 0.1) is 12.1 Å². The molecule has 0 aliphatic rings. The second-order valence-corrected chi connectivity index (χ2v) is 7.03. The first kappa shape index (κ1) is 20.4. The Morgan fingerprint density at radius 2 is 1.92 bits per heavy atom. The van der Waals surface area contributed by atoms with Gasteiger partial charge in [0.1, 0.15) is 5.04 Å². The molecule has 0 unspecified atom stereocenters. The van der Waals surface area contributed by atoms with Crippen molar-refractivity contribution in [3.05, 3.63) is 35.9 Å². The molecule has 24 heavy (non-hydrogen) atoms. The molecule has 0 aromatic heterocycles. The van der Waals surface area contributed by atoms with E-state index in [-0.39, 0.29) is 5.91 Å². The molecule has 0 radical (unpaired) electrons. The smallest absolute Gasteiger partial charge is 0.296 e. The highest BCUT2D eigenvalue weighted by molar-refractivity contribution is 8.13. The average molecular weight is 370 g/mol. The first-order valence-corrected chi connectivity index (χ1v) is 9.53. The van der Waals surface area contributed by atoms with E-state index in [0.29, 0.717) is 17.2 Å². The van der Waals surface area contributed by atoms with E-state index in [0.717, 1.165) is 25.0 Å². The van der Waals surface area contributed by atoms with Crippen molar-refractivity contribution >= 4 is 40.9 Å². The van der Waals surface area contributed by atoms with Crippen LogP contribution in [0.3, 0.4) is 0 Å². The van der Waals surface area contributed by atoms with Crippen LogP contribution in [0.1, 0.15) is 37.0 Å². The topological polar surface area (TPSA) is 62.2 Å². The van der Waals surface area contributed by atoms with Gasteiger partial charge in [-0.1, -0.05) is 36.7 Å². The number of amides is 2. The van der Waals surface area contributed by atoms with Crippen LogP contribution in [-0.2, 0) is 4.84 Å². The molecule has 0 aliphatic carbocycles. The van der Waals surface area contributed by atoms with Gasteiger partial charge in [-0.25, -0.2) is 9.10 Å². The number of carbonyl (C=O) groups is 2. The number of carbonyl (C=O) groups excluding carboxylic acids is 2. The lowest BCUT2D eigenvalue weighted by molar-refractivity contribution is 0.0866. The third-order valence-electron chi connectivity index (χ3n) is 2.99.